The first kappa shape index (κ1) is 19.9. The van der Waals surface area contributed by atoms with E-state index in [1.165, 1.54) is 7.11 Å². The maximum Gasteiger partial charge on any atom is 0.335 e. The van der Waals surface area contributed by atoms with Crippen LogP contribution in [0, 0.1) is 5.92 Å². The Hall–Kier alpha value is -1.83. The second-order valence-corrected chi connectivity index (χ2v) is 7.67. The number of benzene rings is 1. The van der Waals surface area contributed by atoms with Gasteiger partial charge in [-0.1, -0.05) is 0 Å². The third-order valence-electron chi connectivity index (χ3n) is 5.54. The molecule has 0 saturated heterocycles. The Labute approximate surface area is 159 Å². The van der Waals surface area contributed by atoms with Crippen LogP contribution in [0.2, 0.25) is 0 Å². The molecule has 1 aliphatic carbocycles. The second kappa shape index (κ2) is 8.04. The van der Waals surface area contributed by atoms with Gasteiger partial charge in [-0.25, -0.2) is 4.79 Å². The molecule has 0 radical (unpaired) electrons. The van der Waals surface area contributed by atoms with E-state index in [4.69, 9.17) is 23.7 Å². The van der Waals surface area contributed by atoms with Gasteiger partial charge in [0, 0.05) is 31.6 Å². The van der Waals surface area contributed by atoms with E-state index in [0.29, 0.717) is 11.5 Å². The van der Waals surface area contributed by atoms with Gasteiger partial charge in [0.25, 0.3) is 0 Å². The van der Waals surface area contributed by atoms with E-state index in [-0.39, 0.29) is 37.1 Å². The standard InChI is InChI=1S/C20H28O7/c1-20(2)15-6-5-13(25-10-23-3)9-14(15)18-16(26-11-24-4)7-12(19(21)22)8-17(18)27-20/h7-8,13-15H,5-6,9-11H2,1-4H3,(H,21,22)/t13-,14+,15+/m0/s1. The third-order valence-corrected chi connectivity index (χ3v) is 5.54. The van der Waals surface area contributed by atoms with Crippen molar-refractivity contribution in [1.82, 2.24) is 0 Å². The Morgan fingerprint density at radius 1 is 1.22 bits per heavy atom. The van der Waals surface area contributed by atoms with Crippen molar-refractivity contribution in [3.63, 3.8) is 0 Å². The molecule has 27 heavy (non-hydrogen) atoms. The maximum absolute atomic E-state index is 11.6. The number of hydrogen-bond acceptors (Lipinski definition) is 6. The summed E-state index contributed by atoms with van der Waals surface area (Å²) in [6.45, 7) is 4.43. The molecule has 1 N–H and O–H groups in total. The maximum atomic E-state index is 11.6. The van der Waals surface area contributed by atoms with Crippen molar-refractivity contribution in [2.24, 2.45) is 5.92 Å². The Morgan fingerprint density at radius 2 is 1.96 bits per heavy atom. The van der Waals surface area contributed by atoms with Crippen LogP contribution in [-0.4, -0.2) is 50.6 Å². The molecule has 1 aromatic rings. The van der Waals surface area contributed by atoms with Gasteiger partial charge in [-0.3, -0.25) is 0 Å². The van der Waals surface area contributed by atoms with Gasteiger partial charge in [0.2, 0.25) is 0 Å². The van der Waals surface area contributed by atoms with Crippen LogP contribution in [-0.2, 0) is 14.2 Å². The summed E-state index contributed by atoms with van der Waals surface area (Å²) in [7, 11) is 3.15. The first-order valence-electron chi connectivity index (χ1n) is 9.20. The average molecular weight is 380 g/mol. The highest BCUT2D eigenvalue weighted by Crippen LogP contribution is 2.55. The van der Waals surface area contributed by atoms with Crippen LogP contribution in [0.25, 0.3) is 0 Å². The van der Waals surface area contributed by atoms with Crippen molar-refractivity contribution in [1.29, 1.82) is 0 Å². The molecule has 7 heteroatoms. The molecular weight excluding hydrogens is 352 g/mol. The Bertz CT molecular complexity index is 685. The molecule has 1 aromatic carbocycles. The minimum atomic E-state index is -1.02. The van der Waals surface area contributed by atoms with Gasteiger partial charge in [0.1, 0.15) is 23.9 Å². The summed E-state index contributed by atoms with van der Waals surface area (Å²) in [5.41, 5.74) is 0.642. The molecule has 0 bridgehead atoms. The average Bonchev–Trinajstić information content (AvgIpc) is 2.63. The van der Waals surface area contributed by atoms with Gasteiger partial charge in [-0.15, -0.1) is 0 Å². The molecule has 1 fully saturated rings. The molecule has 150 valence electrons. The SMILES string of the molecule is COCOc1cc(C(=O)O)cc2c1[C@@H]1C[C@@H](OCOC)CC[C@H]1C(C)(C)O2. The van der Waals surface area contributed by atoms with Crippen LogP contribution < -0.4 is 9.47 Å². The molecule has 1 heterocycles. The molecule has 0 unspecified atom stereocenters. The Kier molecular flexibility index (Phi) is 5.93. The zero-order chi connectivity index (χ0) is 19.6. The van der Waals surface area contributed by atoms with Crippen molar-refractivity contribution in [3.05, 3.63) is 23.3 Å². The number of aromatic carboxylic acids is 1. The number of hydrogen-bond donors (Lipinski definition) is 1. The van der Waals surface area contributed by atoms with E-state index in [2.05, 4.69) is 13.8 Å². The highest BCUT2D eigenvalue weighted by atomic mass is 16.7. The quantitative estimate of drug-likeness (QED) is 0.726. The highest BCUT2D eigenvalue weighted by Gasteiger charge is 2.48. The van der Waals surface area contributed by atoms with Crippen LogP contribution in [0.3, 0.4) is 0 Å². The number of methoxy groups -OCH3 is 2. The first-order chi connectivity index (χ1) is 12.9. The number of carboxylic acids is 1. The lowest BCUT2D eigenvalue weighted by molar-refractivity contribution is -0.105. The number of ether oxygens (including phenoxy) is 5. The van der Waals surface area contributed by atoms with Crippen LogP contribution in [0.15, 0.2) is 12.1 Å². The molecule has 3 atom stereocenters. The first-order valence-corrected chi connectivity index (χ1v) is 9.20. The summed E-state index contributed by atoms with van der Waals surface area (Å²) in [5, 5.41) is 9.46. The fourth-order valence-electron chi connectivity index (χ4n) is 4.37. The van der Waals surface area contributed by atoms with Gasteiger partial charge in [-0.2, -0.15) is 0 Å². The second-order valence-electron chi connectivity index (χ2n) is 7.67. The topological polar surface area (TPSA) is 83.5 Å². The van der Waals surface area contributed by atoms with Gasteiger partial charge < -0.3 is 28.8 Å². The number of carbonyl (C=O) groups is 1. The highest BCUT2D eigenvalue weighted by molar-refractivity contribution is 5.89. The summed E-state index contributed by atoms with van der Waals surface area (Å²) < 4.78 is 27.9. The van der Waals surface area contributed by atoms with Gasteiger partial charge in [-0.05, 0) is 45.2 Å². The van der Waals surface area contributed by atoms with Gasteiger partial charge in [0.05, 0.1) is 11.7 Å². The number of rotatable bonds is 7. The number of carboxylic acid groups (broad SMARTS) is 1. The predicted molar refractivity (Wildman–Crippen MR) is 97.4 cm³/mol. The van der Waals surface area contributed by atoms with Crippen molar-refractivity contribution in [3.8, 4) is 11.5 Å². The summed E-state index contributed by atoms with van der Waals surface area (Å²) in [4.78, 5) is 11.6. The Balaban J connectivity index is 2.02. The normalized spacial score (nSPS) is 25.9. The van der Waals surface area contributed by atoms with Crippen molar-refractivity contribution < 1.29 is 33.6 Å². The zero-order valence-electron chi connectivity index (χ0n) is 16.3. The van der Waals surface area contributed by atoms with Crippen molar-refractivity contribution >= 4 is 5.97 Å². The number of fused-ring (bicyclic) bond motifs is 3. The molecule has 0 spiro atoms. The Morgan fingerprint density at radius 3 is 2.63 bits per heavy atom. The molecular formula is C20H28O7. The smallest absolute Gasteiger partial charge is 0.335 e. The van der Waals surface area contributed by atoms with Crippen molar-refractivity contribution in [2.45, 2.75) is 50.7 Å². The van der Waals surface area contributed by atoms with Gasteiger partial charge in [0.15, 0.2) is 6.79 Å². The third kappa shape index (κ3) is 4.05. The molecule has 2 aliphatic rings. The lowest BCUT2D eigenvalue weighted by atomic mass is 9.66. The van der Waals surface area contributed by atoms with Crippen LogP contribution in [0.4, 0.5) is 0 Å². The molecule has 3 rings (SSSR count). The van der Waals surface area contributed by atoms with E-state index in [1.54, 1.807) is 19.2 Å². The molecule has 1 saturated carbocycles. The van der Waals surface area contributed by atoms with E-state index < -0.39 is 11.6 Å². The predicted octanol–water partition coefficient (Wildman–Crippen LogP) is 3.41. The van der Waals surface area contributed by atoms with Crippen molar-refractivity contribution in [2.75, 3.05) is 27.8 Å². The minimum Gasteiger partial charge on any atom is -0.487 e. The van der Waals surface area contributed by atoms with E-state index in [0.717, 1.165) is 24.8 Å². The summed E-state index contributed by atoms with van der Waals surface area (Å²) >= 11 is 0. The summed E-state index contributed by atoms with van der Waals surface area (Å²) in [5.74, 6) is 0.486. The lowest BCUT2D eigenvalue weighted by Crippen LogP contribution is -2.48. The monoisotopic (exact) mass is 380 g/mol. The van der Waals surface area contributed by atoms with E-state index >= 15 is 0 Å². The summed E-state index contributed by atoms with van der Waals surface area (Å²) in [6, 6.07) is 3.15. The van der Waals surface area contributed by atoms with Gasteiger partial charge >= 0.3 is 5.97 Å². The van der Waals surface area contributed by atoms with Crippen LogP contribution >= 0.6 is 0 Å². The van der Waals surface area contributed by atoms with E-state index in [9.17, 15) is 9.90 Å². The fourth-order valence-corrected chi connectivity index (χ4v) is 4.37. The minimum absolute atomic E-state index is 0.0416. The van der Waals surface area contributed by atoms with Crippen LogP contribution in [0.5, 0.6) is 11.5 Å². The molecule has 1 aliphatic heterocycles. The van der Waals surface area contributed by atoms with E-state index in [1.807, 2.05) is 0 Å². The molecule has 7 nitrogen and oxygen atoms in total. The van der Waals surface area contributed by atoms with Crippen LogP contribution in [0.1, 0.15) is 54.9 Å². The largest absolute Gasteiger partial charge is 0.487 e. The summed E-state index contributed by atoms with van der Waals surface area (Å²) in [6.07, 6.45) is 2.79. The molecule has 0 amide bonds. The molecule has 0 aromatic heterocycles. The fraction of sp³-hybridized carbons (Fsp3) is 0.650. The zero-order valence-corrected chi connectivity index (χ0v) is 16.3. The lowest BCUT2D eigenvalue weighted by Gasteiger charge is -2.49.